The fourth-order valence-corrected chi connectivity index (χ4v) is 3.28. The summed E-state index contributed by atoms with van der Waals surface area (Å²) >= 11 is 1.21. The highest BCUT2D eigenvalue weighted by Gasteiger charge is 2.13. The zero-order valence-corrected chi connectivity index (χ0v) is 17.6. The van der Waals surface area contributed by atoms with Crippen LogP contribution in [-0.2, 0) is 11.4 Å². The highest BCUT2D eigenvalue weighted by atomic mass is 32.2. The number of hydrogen-bond donors (Lipinski definition) is 1. The zero-order valence-electron chi connectivity index (χ0n) is 16.8. The number of nitrogens with one attached hydrogen (secondary N) is 1. The van der Waals surface area contributed by atoms with E-state index >= 15 is 0 Å². The lowest BCUT2D eigenvalue weighted by Gasteiger charge is -2.13. The lowest BCUT2D eigenvalue weighted by atomic mass is 10.0. The molecule has 0 unspecified atom stereocenters. The Morgan fingerprint density at radius 2 is 1.76 bits per heavy atom. The summed E-state index contributed by atoms with van der Waals surface area (Å²) in [6.45, 7) is 6.44. The van der Waals surface area contributed by atoms with Gasteiger partial charge in [-0.2, -0.15) is 0 Å². The second-order valence-corrected chi connectivity index (χ2v) is 7.89. The maximum absolute atomic E-state index is 12.1. The Morgan fingerprint density at radius 1 is 1.03 bits per heavy atom. The molecule has 152 valence electrons. The van der Waals surface area contributed by atoms with Crippen LogP contribution in [0, 0.1) is 0 Å². The van der Waals surface area contributed by atoms with Crippen molar-refractivity contribution in [3.8, 4) is 5.75 Å². The number of nitrogens with zero attached hydrogens (tertiary/aromatic N) is 2. The molecular weight excluding hydrogens is 386 g/mol. The predicted molar refractivity (Wildman–Crippen MR) is 113 cm³/mol. The van der Waals surface area contributed by atoms with E-state index < -0.39 is 0 Å². The van der Waals surface area contributed by atoms with Gasteiger partial charge in [0.15, 0.2) is 6.61 Å². The van der Waals surface area contributed by atoms with E-state index in [1.54, 1.807) is 0 Å². The number of thioether (sulfide) groups is 1. The Labute approximate surface area is 175 Å². The van der Waals surface area contributed by atoms with Crippen molar-refractivity contribution in [2.24, 2.45) is 0 Å². The summed E-state index contributed by atoms with van der Waals surface area (Å²) in [5, 5.41) is 11.2. The standard InChI is InChI=1S/C22H25N3O3S/c1-15(2)17-9-11-19(12-10-17)27-13-21-24-25-22(28-21)29-14-20(26)23-16(3)18-7-5-4-6-8-18/h4-12,15-16H,13-14H2,1-3H3,(H,23,26)/t16-/m0/s1. The minimum absolute atomic E-state index is 0.0574. The lowest BCUT2D eigenvalue weighted by Crippen LogP contribution is -2.28. The molecule has 0 saturated carbocycles. The monoisotopic (exact) mass is 411 g/mol. The molecular formula is C22H25N3O3S. The first kappa shape index (κ1) is 20.9. The van der Waals surface area contributed by atoms with Gasteiger partial charge in [-0.3, -0.25) is 4.79 Å². The summed E-state index contributed by atoms with van der Waals surface area (Å²) in [6.07, 6.45) is 0. The van der Waals surface area contributed by atoms with Crippen molar-refractivity contribution in [3.05, 3.63) is 71.6 Å². The van der Waals surface area contributed by atoms with Crippen molar-refractivity contribution in [2.45, 2.75) is 44.6 Å². The molecule has 3 aromatic rings. The first-order valence-corrected chi connectivity index (χ1v) is 10.5. The number of ether oxygens (including phenoxy) is 1. The van der Waals surface area contributed by atoms with E-state index in [2.05, 4.69) is 29.4 Å². The molecule has 0 aliphatic carbocycles. The fourth-order valence-electron chi connectivity index (χ4n) is 2.68. The molecule has 6 nitrogen and oxygen atoms in total. The van der Waals surface area contributed by atoms with Gasteiger partial charge in [-0.1, -0.05) is 68.1 Å². The molecule has 2 aromatic carbocycles. The highest BCUT2D eigenvalue weighted by molar-refractivity contribution is 7.99. The van der Waals surface area contributed by atoms with Crippen molar-refractivity contribution in [1.29, 1.82) is 0 Å². The number of carbonyl (C=O) groups is 1. The zero-order chi connectivity index (χ0) is 20.6. The summed E-state index contributed by atoms with van der Waals surface area (Å²) in [5.74, 6) is 1.71. The largest absolute Gasteiger partial charge is 0.484 e. The third-order valence-corrected chi connectivity index (χ3v) is 5.18. The third-order valence-electron chi connectivity index (χ3n) is 4.36. The molecule has 1 atom stereocenters. The van der Waals surface area contributed by atoms with Gasteiger partial charge in [-0.25, -0.2) is 0 Å². The van der Waals surface area contributed by atoms with Crippen molar-refractivity contribution in [1.82, 2.24) is 15.5 Å². The van der Waals surface area contributed by atoms with Gasteiger partial charge in [0.05, 0.1) is 11.8 Å². The van der Waals surface area contributed by atoms with E-state index in [1.165, 1.54) is 17.3 Å². The molecule has 1 amide bonds. The van der Waals surface area contributed by atoms with Gasteiger partial charge in [0.25, 0.3) is 11.1 Å². The van der Waals surface area contributed by atoms with Crippen LogP contribution >= 0.6 is 11.8 Å². The van der Waals surface area contributed by atoms with Crippen LogP contribution in [0.4, 0.5) is 0 Å². The quantitative estimate of drug-likeness (QED) is 0.513. The first-order valence-electron chi connectivity index (χ1n) is 9.53. The van der Waals surface area contributed by atoms with Crippen molar-refractivity contribution < 1.29 is 13.9 Å². The predicted octanol–water partition coefficient (Wildman–Crippen LogP) is 4.74. The summed E-state index contributed by atoms with van der Waals surface area (Å²) < 4.78 is 11.2. The summed E-state index contributed by atoms with van der Waals surface area (Å²) in [5.41, 5.74) is 2.32. The van der Waals surface area contributed by atoms with Gasteiger partial charge in [0, 0.05) is 0 Å². The molecule has 0 aliphatic heterocycles. The minimum Gasteiger partial charge on any atom is -0.484 e. The third kappa shape index (κ3) is 6.35. The minimum atomic E-state index is -0.0902. The molecule has 0 saturated heterocycles. The first-order chi connectivity index (χ1) is 14.0. The van der Waals surface area contributed by atoms with Crippen molar-refractivity contribution in [3.63, 3.8) is 0 Å². The number of benzene rings is 2. The Hall–Kier alpha value is -2.80. The lowest BCUT2D eigenvalue weighted by molar-refractivity contribution is -0.119. The van der Waals surface area contributed by atoms with Crippen molar-refractivity contribution in [2.75, 3.05) is 5.75 Å². The highest BCUT2D eigenvalue weighted by Crippen LogP contribution is 2.21. The topological polar surface area (TPSA) is 77.2 Å². The van der Waals surface area contributed by atoms with Crippen LogP contribution in [0.1, 0.15) is 49.7 Å². The molecule has 3 rings (SSSR count). The number of amides is 1. The van der Waals surface area contributed by atoms with Gasteiger partial charge in [0.2, 0.25) is 5.91 Å². The molecule has 29 heavy (non-hydrogen) atoms. The van der Waals surface area contributed by atoms with Gasteiger partial charge < -0.3 is 14.5 Å². The molecule has 0 aliphatic rings. The van der Waals surface area contributed by atoms with Gasteiger partial charge in [0.1, 0.15) is 5.75 Å². The number of carbonyl (C=O) groups excluding carboxylic acids is 1. The van der Waals surface area contributed by atoms with Crippen LogP contribution in [0.5, 0.6) is 5.75 Å². The van der Waals surface area contributed by atoms with E-state index in [9.17, 15) is 4.79 Å². The van der Waals surface area contributed by atoms with E-state index in [0.29, 0.717) is 17.0 Å². The van der Waals surface area contributed by atoms with Gasteiger partial charge in [-0.15, -0.1) is 10.2 Å². The number of rotatable bonds is 9. The van der Waals surface area contributed by atoms with Crippen molar-refractivity contribution >= 4 is 17.7 Å². The maximum atomic E-state index is 12.1. The second-order valence-electron chi connectivity index (χ2n) is 6.96. The smallest absolute Gasteiger partial charge is 0.277 e. The van der Waals surface area contributed by atoms with E-state index in [1.807, 2.05) is 61.5 Å². The maximum Gasteiger partial charge on any atom is 0.277 e. The molecule has 1 N–H and O–H groups in total. The molecule has 0 spiro atoms. The van der Waals surface area contributed by atoms with Crippen LogP contribution in [0.3, 0.4) is 0 Å². The molecule has 1 heterocycles. The SMILES string of the molecule is CC(C)c1ccc(OCc2nnc(SCC(=O)N[C@@H](C)c3ccccc3)o2)cc1. The summed E-state index contributed by atoms with van der Waals surface area (Å²) in [7, 11) is 0. The molecule has 0 fully saturated rings. The van der Waals surface area contributed by atoms with Crippen LogP contribution in [0.15, 0.2) is 64.2 Å². The van der Waals surface area contributed by atoms with E-state index in [4.69, 9.17) is 9.15 Å². The van der Waals surface area contributed by atoms with Crippen LogP contribution in [0.25, 0.3) is 0 Å². The van der Waals surface area contributed by atoms with Crippen LogP contribution < -0.4 is 10.1 Å². The van der Waals surface area contributed by atoms with Gasteiger partial charge in [-0.05, 0) is 36.1 Å². The average Bonchev–Trinajstić information content (AvgIpc) is 3.19. The summed E-state index contributed by atoms with van der Waals surface area (Å²) in [6, 6.07) is 17.7. The Balaban J connectivity index is 1.43. The van der Waals surface area contributed by atoms with Gasteiger partial charge >= 0.3 is 0 Å². The summed E-state index contributed by atoms with van der Waals surface area (Å²) in [4.78, 5) is 12.1. The van der Waals surface area contributed by atoms with E-state index in [0.717, 1.165) is 11.3 Å². The Bertz CT molecular complexity index is 911. The Kier molecular flexibility index (Phi) is 7.30. The fraction of sp³-hybridized carbons (Fsp3) is 0.318. The molecule has 0 bridgehead atoms. The average molecular weight is 412 g/mol. The molecule has 1 aromatic heterocycles. The second kappa shape index (κ2) is 10.1. The molecule has 7 heteroatoms. The van der Waals surface area contributed by atoms with E-state index in [-0.39, 0.29) is 24.3 Å². The number of aromatic nitrogens is 2. The Morgan fingerprint density at radius 3 is 2.45 bits per heavy atom. The normalized spacial score (nSPS) is 12.0. The van der Waals surface area contributed by atoms with Crippen LogP contribution in [-0.4, -0.2) is 21.9 Å². The number of hydrogen-bond acceptors (Lipinski definition) is 6. The molecule has 0 radical (unpaired) electrons. The van der Waals surface area contributed by atoms with Crippen LogP contribution in [0.2, 0.25) is 0 Å².